The molecule has 6 heteroatoms. The molecule has 0 spiro atoms. The predicted molar refractivity (Wildman–Crippen MR) is 97.7 cm³/mol. The van der Waals surface area contributed by atoms with E-state index in [9.17, 15) is 14.7 Å². The molecule has 0 heterocycles. The number of aliphatic carboxylic acids is 1. The van der Waals surface area contributed by atoms with Crippen LogP contribution in [0, 0.1) is 0 Å². The average molecular weight is 361 g/mol. The molecule has 0 bridgehead atoms. The summed E-state index contributed by atoms with van der Waals surface area (Å²) in [6.45, 7) is 0. The molecule has 132 valence electrons. The number of rotatable bonds is 8. The van der Waals surface area contributed by atoms with Crippen LogP contribution in [0.1, 0.15) is 11.1 Å². The molecule has 1 amide bonds. The second-order valence-corrected chi connectivity index (χ2v) is 6.20. The lowest BCUT2D eigenvalue weighted by atomic mass is 10.0. The second-order valence-electron chi connectivity index (χ2n) is 5.76. The summed E-state index contributed by atoms with van der Waals surface area (Å²) in [6.07, 6.45) is 0.677. The topological polar surface area (TPSA) is 78.4 Å². The van der Waals surface area contributed by atoms with E-state index in [0.29, 0.717) is 11.4 Å². The van der Waals surface area contributed by atoms with Gasteiger partial charge in [0.05, 0.1) is 6.04 Å². The summed E-state index contributed by atoms with van der Waals surface area (Å²) in [7, 11) is 1.68. The van der Waals surface area contributed by atoms with Crippen LogP contribution in [0.3, 0.4) is 0 Å². The zero-order valence-electron chi connectivity index (χ0n) is 13.9. The molecule has 0 aliphatic rings. The summed E-state index contributed by atoms with van der Waals surface area (Å²) in [5.74, 6) is -1.41. The number of carboxylic acids is 1. The van der Waals surface area contributed by atoms with Gasteiger partial charge in [-0.05, 0) is 36.7 Å². The average Bonchev–Trinajstić information content (AvgIpc) is 2.61. The minimum Gasteiger partial charge on any atom is -0.480 e. The standard InChI is InChI=1S/C19H21ClN2O3/c1-21-16(11-13-5-3-2-4-6-13)18(23)22-17(19(24)25)12-14-7-9-15(20)10-8-14/h2-10,16-17,21H,11-12H2,1H3,(H,22,23)(H,24,25)/t16-,17-/m1/s1. The fraction of sp³-hybridized carbons (Fsp3) is 0.263. The van der Waals surface area contributed by atoms with Gasteiger partial charge in [-0.1, -0.05) is 54.1 Å². The highest BCUT2D eigenvalue weighted by Crippen LogP contribution is 2.11. The molecule has 0 saturated carbocycles. The second kappa shape index (κ2) is 9.20. The summed E-state index contributed by atoms with van der Waals surface area (Å²) in [6, 6.07) is 15.0. The Bertz CT molecular complexity index is 704. The molecule has 2 rings (SSSR count). The maximum atomic E-state index is 12.5. The van der Waals surface area contributed by atoms with E-state index in [2.05, 4.69) is 10.6 Å². The quantitative estimate of drug-likeness (QED) is 0.675. The molecule has 0 aliphatic heterocycles. The minimum absolute atomic E-state index is 0.194. The largest absolute Gasteiger partial charge is 0.480 e. The number of hydrogen-bond acceptors (Lipinski definition) is 3. The smallest absolute Gasteiger partial charge is 0.326 e. The number of likely N-dealkylation sites (N-methyl/N-ethyl adjacent to an activating group) is 1. The van der Waals surface area contributed by atoms with Gasteiger partial charge in [-0.15, -0.1) is 0 Å². The molecule has 0 fully saturated rings. The van der Waals surface area contributed by atoms with E-state index in [-0.39, 0.29) is 12.3 Å². The normalized spacial score (nSPS) is 13.0. The van der Waals surface area contributed by atoms with Crippen LogP contribution in [0.2, 0.25) is 5.02 Å². The Kier molecular flexibility index (Phi) is 6.98. The zero-order valence-corrected chi connectivity index (χ0v) is 14.7. The SMILES string of the molecule is CN[C@H](Cc1ccccc1)C(=O)N[C@H](Cc1ccc(Cl)cc1)C(=O)O. The Balaban J connectivity index is 2.02. The van der Waals surface area contributed by atoms with Crippen LogP contribution in [0.4, 0.5) is 0 Å². The van der Waals surface area contributed by atoms with Crippen LogP contribution >= 0.6 is 11.6 Å². The third-order valence-electron chi connectivity index (χ3n) is 3.92. The van der Waals surface area contributed by atoms with Crippen LogP contribution < -0.4 is 10.6 Å². The fourth-order valence-corrected chi connectivity index (χ4v) is 2.63. The summed E-state index contributed by atoms with van der Waals surface area (Å²) >= 11 is 5.84. The van der Waals surface area contributed by atoms with Crippen molar-refractivity contribution in [1.82, 2.24) is 10.6 Å². The molecule has 0 aromatic heterocycles. The predicted octanol–water partition coefficient (Wildman–Crippen LogP) is 2.28. The molecule has 0 aliphatic carbocycles. The zero-order chi connectivity index (χ0) is 18.2. The number of nitrogens with one attached hydrogen (secondary N) is 2. The molecule has 0 unspecified atom stereocenters. The van der Waals surface area contributed by atoms with Crippen LogP contribution in [-0.4, -0.2) is 36.1 Å². The van der Waals surface area contributed by atoms with E-state index >= 15 is 0 Å². The van der Waals surface area contributed by atoms with Crippen molar-refractivity contribution in [3.8, 4) is 0 Å². The van der Waals surface area contributed by atoms with E-state index in [4.69, 9.17) is 11.6 Å². The molecule has 0 saturated heterocycles. The van der Waals surface area contributed by atoms with Gasteiger partial charge in [0.25, 0.3) is 0 Å². The van der Waals surface area contributed by atoms with E-state index in [1.165, 1.54) is 0 Å². The molecule has 2 atom stereocenters. The maximum absolute atomic E-state index is 12.5. The third-order valence-corrected chi connectivity index (χ3v) is 4.17. The first-order valence-electron chi connectivity index (χ1n) is 7.98. The Morgan fingerprint density at radius 2 is 1.52 bits per heavy atom. The molecular weight excluding hydrogens is 340 g/mol. The number of amides is 1. The van der Waals surface area contributed by atoms with Crippen molar-refractivity contribution in [3.05, 3.63) is 70.7 Å². The highest BCUT2D eigenvalue weighted by atomic mass is 35.5. The highest BCUT2D eigenvalue weighted by molar-refractivity contribution is 6.30. The minimum atomic E-state index is -1.07. The van der Waals surface area contributed by atoms with Crippen molar-refractivity contribution in [1.29, 1.82) is 0 Å². The number of carbonyl (C=O) groups excluding carboxylic acids is 1. The number of hydrogen-bond donors (Lipinski definition) is 3. The lowest BCUT2D eigenvalue weighted by molar-refractivity contribution is -0.142. The van der Waals surface area contributed by atoms with Gasteiger partial charge >= 0.3 is 5.97 Å². The Hall–Kier alpha value is -2.37. The Morgan fingerprint density at radius 1 is 0.960 bits per heavy atom. The van der Waals surface area contributed by atoms with E-state index in [1.54, 1.807) is 31.3 Å². The van der Waals surface area contributed by atoms with Gasteiger partial charge in [0.15, 0.2) is 0 Å². The van der Waals surface area contributed by atoms with Gasteiger partial charge in [-0.3, -0.25) is 4.79 Å². The van der Waals surface area contributed by atoms with Crippen molar-refractivity contribution in [2.75, 3.05) is 7.05 Å². The summed E-state index contributed by atoms with van der Waals surface area (Å²) < 4.78 is 0. The molecule has 2 aromatic carbocycles. The van der Waals surface area contributed by atoms with Gasteiger partial charge < -0.3 is 15.7 Å². The number of benzene rings is 2. The highest BCUT2D eigenvalue weighted by Gasteiger charge is 2.24. The Morgan fingerprint density at radius 3 is 2.08 bits per heavy atom. The molecule has 5 nitrogen and oxygen atoms in total. The van der Waals surface area contributed by atoms with Crippen LogP contribution in [0.15, 0.2) is 54.6 Å². The van der Waals surface area contributed by atoms with Crippen molar-refractivity contribution in [2.24, 2.45) is 0 Å². The first kappa shape index (κ1) is 19.0. The Labute approximate surface area is 152 Å². The maximum Gasteiger partial charge on any atom is 0.326 e. The van der Waals surface area contributed by atoms with Crippen molar-refractivity contribution in [2.45, 2.75) is 24.9 Å². The number of carbonyl (C=O) groups is 2. The van der Waals surface area contributed by atoms with Gasteiger partial charge in [0.1, 0.15) is 6.04 Å². The van der Waals surface area contributed by atoms with Gasteiger partial charge in [-0.2, -0.15) is 0 Å². The van der Waals surface area contributed by atoms with E-state index in [1.807, 2.05) is 30.3 Å². The summed E-state index contributed by atoms with van der Waals surface area (Å²) in [5.41, 5.74) is 1.79. The van der Waals surface area contributed by atoms with Crippen LogP contribution in [0.25, 0.3) is 0 Å². The molecule has 3 N–H and O–H groups in total. The lowest BCUT2D eigenvalue weighted by Crippen LogP contribution is -2.51. The molecular formula is C19H21ClN2O3. The number of halogens is 1. The van der Waals surface area contributed by atoms with E-state index in [0.717, 1.165) is 11.1 Å². The van der Waals surface area contributed by atoms with Crippen molar-refractivity contribution in [3.63, 3.8) is 0 Å². The lowest BCUT2D eigenvalue weighted by Gasteiger charge is -2.20. The first-order valence-corrected chi connectivity index (χ1v) is 8.36. The molecule has 2 aromatic rings. The van der Waals surface area contributed by atoms with Crippen molar-refractivity contribution >= 4 is 23.5 Å². The van der Waals surface area contributed by atoms with Gasteiger partial charge in [-0.25, -0.2) is 4.79 Å². The van der Waals surface area contributed by atoms with E-state index < -0.39 is 18.1 Å². The fourth-order valence-electron chi connectivity index (χ4n) is 2.50. The van der Waals surface area contributed by atoms with Crippen LogP contribution in [0.5, 0.6) is 0 Å². The monoisotopic (exact) mass is 360 g/mol. The molecule has 0 radical (unpaired) electrons. The van der Waals surface area contributed by atoms with Gasteiger partial charge in [0.2, 0.25) is 5.91 Å². The van der Waals surface area contributed by atoms with Gasteiger partial charge in [0, 0.05) is 11.4 Å². The third kappa shape index (κ3) is 5.89. The summed E-state index contributed by atoms with van der Waals surface area (Å²) in [5, 5.41) is 15.6. The number of carboxylic acid groups (broad SMARTS) is 1. The van der Waals surface area contributed by atoms with Crippen LogP contribution in [-0.2, 0) is 22.4 Å². The van der Waals surface area contributed by atoms with Crippen molar-refractivity contribution < 1.29 is 14.7 Å². The summed E-state index contributed by atoms with van der Waals surface area (Å²) in [4.78, 5) is 24.0. The first-order chi connectivity index (χ1) is 12.0. The molecule has 25 heavy (non-hydrogen) atoms.